The predicted octanol–water partition coefficient (Wildman–Crippen LogP) is 2.65. The highest BCUT2D eigenvalue weighted by atomic mass is 19.3. The molecule has 23 heavy (non-hydrogen) atoms. The summed E-state index contributed by atoms with van der Waals surface area (Å²) in [4.78, 5) is 11.7. The topological polar surface area (TPSA) is 58.6 Å². The van der Waals surface area contributed by atoms with Gasteiger partial charge in [0.05, 0.1) is 6.54 Å². The Morgan fingerprint density at radius 1 is 1.43 bits per heavy atom. The fraction of sp³-hybridized carbons (Fsp3) is 0.562. The number of ether oxygens (including phenoxy) is 1. The molecule has 1 unspecified atom stereocenters. The first-order valence-corrected chi connectivity index (χ1v) is 7.60. The molecule has 2 rings (SSSR count). The van der Waals surface area contributed by atoms with Gasteiger partial charge in [-0.1, -0.05) is 19.1 Å². The summed E-state index contributed by atoms with van der Waals surface area (Å²) in [6, 6.07) is 5.74. The molecule has 4 nitrogen and oxygen atoms in total. The van der Waals surface area contributed by atoms with Gasteiger partial charge >= 0.3 is 5.92 Å². The molecule has 7 heteroatoms. The zero-order valence-electron chi connectivity index (χ0n) is 12.8. The van der Waals surface area contributed by atoms with E-state index in [2.05, 4.69) is 5.32 Å². The first kappa shape index (κ1) is 17.6. The van der Waals surface area contributed by atoms with Gasteiger partial charge in [-0.3, -0.25) is 4.79 Å². The molecule has 0 aliphatic heterocycles. The molecule has 0 heterocycles. The minimum absolute atomic E-state index is 0.00187. The summed E-state index contributed by atoms with van der Waals surface area (Å²) in [7, 11) is 0. The Bertz CT molecular complexity index is 561. The van der Waals surface area contributed by atoms with Gasteiger partial charge in [-0.25, -0.2) is 4.39 Å². The van der Waals surface area contributed by atoms with E-state index in [9.17, 15) is 23.1 Å². The highest BCUT2D eigenvalue weighted by molar-refractivity contribution is 5.85. The lowest BCUT2D eigenvalue weighted by Crippen LogP contribution is -2.61. The molecule has 1 aliphatic carbocycles. The first-order chi connectivity index (χ1) is 10.8. The number of amides is 1. The van der Waals surface area contributed by atoms with Crippen molar-refractivity contribution in [3.63, 3.8) is 0 Å². The number of nitrogens with one attached hydrogen (secondary N) is 1. The lowest BCUT2D eigenvalue weighted by molar-refractivity contribution is -0.216. The van der Waals surface area contributed by atoms with Crippen LogP contribution in [0, 0.1) is 5.82 Å². The minimum atomic E-state index is -3.85. The van der Waals surface area contributed by atoms with E-state index in [0.29, 0.717) is 12.8 Å². The summed E-state index contributed by atoms with van der Waals surface area (Å²) < 4.78 is 46.8. The number of hydrogen-bond acceptors (Lipinski definition) is 3. The van der Waals surface area contributed by atoms with Crippen LogP contribution in [-0.4, -0.2) is 35.2 Å². The molecule has 2 N–H and O–H groups in total. The maximum atomic E-state index is 13.9. The number of carbonyl (C=O) groups is 1. The second-order valence-electron chi connectivity index (χ2n) is 5.75. The Morgan fingerprint density at radius 2 is 2.09 bits per heavy atom. The molecule has 1 saturated carbocycles. The van der Waals surface area contributed by atoms with Crippen molar-refractivity contribution >= 4 is 5.91 Å². The number of benzene rings is 1. The zero-order chi connectivity index (χ0) is 17.1. The van der Waals surface area contributed by atoms with Crippen LogP contribution >= 0.6 is 0 Å². The number of carbonyl (C=O) groups excluding carboxylic acids is 1. The van der Waals surface area contributed by atoms with Gasteiger partial charge in [-0.15, -0.1) is 0 Å². The zero-order valence-corrected chi connectivity index (χ0v) is 12.8. The van der Waals surface area contributed by atoms with Crippen molar-refractivity contribution in [3.8, 4) is 5.75 Å². The van der Waals surface area contributed by atoms with Crippen molar-refractivity contribution < 1.29 is 27.8 Å². The van der Waals surface area contributed by atoms with Crippen molar-refractivity contribution in [2.24, 2.45) is 0 Å². The van der Waals surface area contributed by atoms with Crippen LogP contribution in [0.4, 0.5) is 13.2 Å². The molecule has 1 amide bonds. The third-order valence-electron chi connectivity index (χ3n) is 4.13. The second kappa shape index (κ2) is 6.78. The van der Waals surface area contributed by atoms with Gasteiger partial charge in [0, 0.05) is 0 Å². The van der Waals surface area contributed by atoms with E-state index in [1.165, 1.54) is 18.2 Å². The lowest BCUT2D eigenvalue weighted by atomic mass is 9.75. The van der Waals surface area contributed by atoms with E-state index in [4.69, 9.17) is 4.74 Å². The van der Waals surface area contributed by atoms with Gasteiger partial charge in [-0.05, 0) is 37.8 Å². The number of alkyl halides is 2. The van der Waals surface area contributed by atoms with E-state index in [0.717, 1.165) is 0 Å². The van der Waals surface area contributed by atoms with E-state index >= 15 is 0 Å². The van der Waals surface area contributed by atoms with Crippen LogP contribution < -0.4 is 10.1 Å². The van der Waals surface area contributed by atoms with E-state index in [-0.39, 0.29) is 25.1 Å². The summed E-state index contributed by atoms with van der Waals surface area (Å²) in [5.41, 5.74) is -2.26. The average Bonchev–Trinajstić information content (AvgIpc) is 2.50. The Hall–Kier alpha value is -1.76. The molecule has 1 atom stereocenters. The maximum Gasteiger partial charge on any atom is 0.352 e. The number of halogens is 3. The van der Waals surface area contributed by atoms with Crippen LogP contribution in [-0.2, 0) is 4.79 Å². The minimum Gasteiger partial charge on any atom is -0.486 e. The van der Waals surface area contributed by atoms with Crippen molar-refractivity contribution in [2.75, 3.05) is 6.54 Å². The molecule has 1 aromatic rings. The Morgan fingerprint density at radius 3 is 2.61 bits per heavy atom. The van der Waals surface area contributed by atoms with Gasteiger partial charge in [0.25, 0.3) is 5.91 Å². The molecule has 0 aromatic heterocycles. The molecule has 0 radical (unpaired) electrons. The second-order valence-corrected chi connectivity index (χ2v) is 5.75. The van der Waals surface area contributed by atoms with E-state index in [1.54, 1.807) is 13.0 Å². The first-order valence-electron chi connectivity index (χ1n) is 7.60. The highest BCUT2D eigenvalue weighted by Gasteiger charge is 2.61. The van der Waals surface area contributed by atoms with Gasteiger partial charge in [0.2, 0.25) is 0 Å². The van der Waals surface area contributed by atoms with Crippen molar-refractivity contribution in [3.05, 3.63) is 30.1 Å². The van der Waals surface area contributed by atoms with Crippen LogP contribution in [0.3, 0.4) is 0 Å². The molecule has 128 valence electrons. The van der Waals surface area contributed by atoms with Crippen LogP contribution in [0.1, 0.15) is 32.6 Å². The van der Waals surface area contributed by atoms with E-state index in [1.807, 2.05) is 0 Å². The van der Waals surface area contributed by atoms with Crippen LogP contribution in [0.15, 0.2) is 24.3 Å². The summed E-state index contributed by atoms with van der Waals surface area (Å²) in [6.07, 6.45) is 0.00696. The molecule has 1 aliphatic rings. The van der Waals surface area contributed by atoms with Gasteiger partial charge < -0.3 is 15.2 Å². The largest absolute Gasteiger partial charge is 0.486 e. The van der Waals surface area contributed by atoms with Crippen molar-refractivity contribution in [1.82, 2.24) is 5.32 Å². The average molecular weight is 331 g/mol. The van der Waals surface area contributed by atoms with Crippen LogP contribution in [0.25, 0.3) is 0 Å². The predicted molar refractivity (Wildman–Crippen MR) is 77.9 cm³/mol. The Balaban J connectivity index is 1.92. The molecule has 0 saturated heterocycles. The summed E-state index contributed by atoms with van der Waals surface area (Å²) in [5.74, 6) is -5.94. The quantitative estimate of drug-likeness (QED) is 0.807. The van der Waals surface area contributed by atoms with Crippen LogP contribution in [0.5, 0.6) is 5.75 Å². The van der Waals surface area contributed by atoms with Crippen molar-refractivity contribution in [2.45, 2.75) is 50.2 Å². The normalized spacial score (nSPS) is 18.0. The van der Waals surface area contributed by atoms with Crippen LogP contribution in [0.2, 0.25) is 0 Å². The SMILES string of the molecule is CCC(CNC(=O)C(F)(F)C1(O)CCC1)Oc1ccccc1F. The molecule has 1 fully saturated rings. The number of aliphatic hydroxyl groups is 1. The van der Waals surface area contributed by atoms with E-state index < -0.39 is 29.4 Å². The lowest BCUT2D eigenvalue weighted by Gasteiger charge is -2.41. The maximum absolute atomic E-state index is 13.9. The fourth-order valence-electron chi connectivity index (χ4n) is 2.34. The third kappa shape index (κ3) is 3.60. The number of rotatable bonds is 7. The van der Waals surface area contributed by atoms with Gasteiger partial charge in [0.15, 0.2) is 11.6 Å². The molecule has 1 aromatic carbocycles. The Labute approximate surface area is 132 Å². The van der Waals surface area contributed by atoms with Crippen molar-refractivity contribution in [1.29, 1.82) is 0 Å². The van der Waals surface area contributed by atoms with Gasteiger partial charge in [-0.2, -0.15) is 8.78 Å². The summed E-state index contributed by atoms with van der Waals surface area (Å²) >= 11 is 0. The Kier molecular flexibility index (Phi) is 5.19. The fourth-order valence-corrected chi connectivity index (χ4v) is 2.34. The summed E-state index contributed by atoms with van der Waals surface area (Å²) in [5, 5.41) is 11.8. The number of hydrogen-bond donors (Lipinski definition) is 2. The molecule has 0 spiro atoms. The van der Waals surface area contributed by atoms with Gasteiger partial charge in [0.1, 0.15) is 11.7 Å². The standard InChI is InChI=1S/C16H20F3NO3/c1-2-11(23-13-7-4-3-6-12(13)17)10-20-14(21)16(18,19)15(22)8-5-9-15/h3-4,6-7,11,22H,2,5,8-10H2,1H3,(H,20,21). The molecule has 0 bridgehead atoms. The highest BCUT2D eigenvalue weighted by Crippen LogP contribution is 2.44. The number of para-hydroxylation sites is 1. The molecular weight excluding hydrogens is 311 g/mol. The molecular formula is C16H20F3NO3. The summed E-state index contributed by atoms with van der Waals surface area (Å²) in [6.45, 7) is 1.53. The smallest absolute Gasteiger partial charge is 0.352 e. The third-order valence-corrected chi connectivity index (χ3v) is 4.13. The monoisotopic (exact) mass is 331 g/mol.